The van der Waals surface area contributed by atoms with Crippen molar-refractivity contribution in [2.24, 2.45) is 7.05 Å². The zero-order chi connectivity index (χ0) is 19.3. The Kier molecular flexibility index (Phi) is 5.97. The van der Waals surface area contributed by atoms with Crippen molar-refractivity contribution >= 4 is 12.0 Å². The Morgan fingerprint density at radius 1 is 1.15 bits per heavy atom. The van der Waals surface area contributed by atoms with Crippen molar-refractivity contribution in [1.82, 2.24) is 20.4 Å². The van der Waals surface area contributed by atoms with Crippen molar-refractivity contribution in [2.75, 3.05) is 13.1 Å². The van der Waals surface area contributed by atoms with Crippen LogP contribution in [0, 0.1) is 5.82 Å². The van der Waals surface area contributed by atoms with Gasteiger partial charge in [0.05, 0.1) is 0 Å². The lowest BCUT2D eigenvalue weighted by Crippen LogP contribution is -2.38. The van der Waals surface area contributed by atoms with Gasteiger partial charge in [0.15, 0.2) is 5.69 Å². The number of aromatic nitrogens is 2. The van der Waals surface area contributed by atoms with Gasteiger partial charge in [-0.2, -0.15) is 5.10 Å². The maximum absolute atomic E-state index is 13.1. The molecule has 0 spiro atoms. The summed E-state index contributed by atoms with van der Waals surface area (Å²) in [5.74, 6) is -0.729. The zero-order valence-electron chi connectivity index (χ0n) is 15.3. The molecule has 0 radical (unpaired) electrons. The number of ether oxygens (including phenoxy) is 1. The van der Waals surface area contributed by atoms with Crippen molar-refractivity contribution < 1.29 is 18.7 Å². The number of rotatable bonds is 5. The summed E-state index contributed by atoms with van der Waals surface area (Å²) >= 11 is 0. The first-order valence-corrected chi connectivity index (χ1v) is 8.20. The molecule has 7 nitrogen and oxygen atoms in total. The van der Waals surface area contributed by atoms with Gasteiger partial charge in [-0.05, 0) is 38.5 Å². The average Bonchev–Trinajstić information content (AvgIpc) is 2.92. The molecule has 0 aliphatic rings. The molecule has 0 aliphatic heterocycles. The van der Waals surface area contributed by atoms with Crippen LogP contribution in [0.1, 0.15) is 31.3 Å². The molecule has 0 atom stereocenters. The number of hydrogen-bond acceptors (Lipinski definition) is 4. The fourth-order valence-electron chi connectivity index (χ4n) is 2.24. The molecule has 26 heavy (non-hydrogen) atoms. The number of benzene rings is 1. The second kappa shape index (κ2) is 7.99. The second-order valence-corrected chi connectivity index (χ2v) is 6.76. The summed E-state index contributed by atoms with van der Waals surface area (Å²) in [6.07, 6.45) is 1.15. The van der Waals surface area contributed by atoms with Gasteiger partial charge in [-0.15, -0.1) is 0 Å². The van der Waals surface area contributed by atoms with Crippen LogP contribution in [0.15, 0.2) is 30.5 Å². The summed E-state index contributed by atoms with van der Waals surface area (Å²) in [5, 5.41) is 9.42. The molecule has 0 saturated heterocycles. The summed E-state index contributed by atoms with van der Waals surface area (Å²) in [6.45, 7) is 5.75. The Balaban J connectivity index is 1.94. The summed E-state index contributed by atoms with van der Waals surface area (Å²) in [6, 6.07) is 5.84. The summed E-state index contributed by atoms with van der Waals surface area (Å²) in [5.41, 5.74) is 0.948. The molecular weight excluding hydrogens is 339 g/mol. The van der Waals surface area contributed by atoms with Gasteiger partial charge in [0.2, 0.25) is 0 Å². The summed E-state index contributed by atoms with van der Waals surface area (Å²) < 4.78 is 19.7. The minimum atomic E-state index is -0.578. The van der Waals surface area contributed by atoms with Gasteiger partial charge in [0, 0.05) is 31.9 Å². The lowest BCUT2D eigenvalue weighted by molar-refractivity contribution is 0.0526. The third-order valence-electron chi connectivity index (χ3n) is 3.28. The molecule has 0 aliphatic carbocycles. The molecule has 2 aromatic rings. The first-order valence-electron chi connectivity index (χ1n) is 8.20. The predicted molar refractivity (Wildman–Crippen MR) is 95.2 cm³/mol. The molecule has 0 saturated carbocycles. The van der Waals surface area contributed by atoms with Gasteiger partial charge in [-0.1, -0.05) is 12.1 Å². The Morgan fingerprint density at radius 3 is 2.38 bits per heavy atom. The standard InChI is InChI=1S/C18H23FN4O3/c1-18(2,3)26-17(25)21-10-9-20-16(24)15-14(11-23(4)22-15)12-5-7-13(19)8-6-12/h5-8,11H,9-10H2,1-4H3,(H,20,24)(H,21,25). The first kappa shape index (κ1) is 19.4. The van der Waals surface area contributed by atoms with Crippen LogP contribution in [-0.2, 0) is 11.8 Å². The second-order valence-electron chi connectivity index (χ2n) is 6.76. The van der Waals surface area contributed by atoms with Crippen molar-refractivity contribution in [3.8, 4) is 11.1 Å². The fraction of sp³-hybridized carbons (Fsp3) is 0.389. The highest BCUT2D eigenvalue weighted by Gasteiger charge is 2.18. The monoisotopic (exact) mass is 362 g/mol. The van der Waals surface area contributed by atoms with Gasteiger partial charge >= 0.3 is 6.09 Å². The van der Waals surface area contributed by atoms with E-state index in [9.17, 15) is 14.0 Å². The van der Waals surface area contributed by atoms with E-state index in [1.807, 2.05) is 0 Å². The van der Waals surface area contributed by atoms with Crippen molar-refractivity contribution in [3.05, 3.63) is 42.0 Å². The van der Waals surface area contributed by atoms with Gasteiger partial charge in [-0.25, -0.2) is 9.18 Å². The summed E-state index contributed by atoms with van der Waals surface area (Å²) in [4.78, 5) is 23.9. The largest absolute Gasteiger partial charge is 0.444 e. The van der Waals surface area contributed by atoms with Gasteiger partial charge in [-0.3, -0.25) is 9.48 Å². The molecule has 0 fully saturated rings. The molecule has 140 valence electrons. The smallest absolute Gasteiger partial charge is 0.407 e. The number of carbonyl (C=O) groups is 2. The maximum atomic E-state index is 13.1. The zero-order valence-corrected chi connectivity index (χ0v) is 15.3. The van der Waals surface area contributed by atoms with E-state index in [0.29, 0.717) is 11.1 Å². The van der Waals surface area contributed by atoms with Crippen molar-refractivity contribution in [2.45, 2.75) is 26.4 Å². The van der Waals surface area contributed by atoms with Crippen molar-refractivity contribution in [3.63, 3.8) is 0 Å². The van der Waals surface area contributed by atoms with Crippen LogP contribution in [0.5, 0.6) is 0 Å². The van der Waals surface area contributed by atoms with Gasteiger partial charge in [0.25, 0.3) is 5.91 Å². The number of alkyl carbamates (subject to hydrolysis) is 1. The van der Waals surface area contributed by atoms with Crippen LogP contribution in [0.3, 0.4) is 0 Å². The highest BCUT2D eigenvalue weighted by molar-refractivity contribution is 5.98. The van der Waals surface area contributed by atoms with Crippen LogP contribution in [0.2, 0.25) is 0 Å². The Morgan fingerprint density at radius 2 is 1.77 bits per heavy atom. The summed E-state index contributed by atoms with van der Waals surface area (Å²) in [7, 11) is 1.70. The Hall–Kier alpha value is -2.90. The van der Waals surface area contributed by atoms with E-state index in [2.05, 4.69) is 15.7 Å². The molecule has 2 rings (SSSR count). The fourth-order valence-corrected chi connectivity index (χ4v) is 2.24. The highest BCUT2D eigenvalue weighted by atomic mass is 19.1. The molecule has 0 bridgehead atoms. The number of nitrogens with zero attached hydrogens (tertiary/aromatic N) is 2. The van der Waals surface area contributed by atoms with Crippen LogP contribution in [0.25, 0.3) is 11.1 Å². The number of hydrogen-bond donors (Lipinski definition) is 2. The number of amides is 2. The van der Waals surface area contributed by atoms with E-state index in [1.54, 1.807) is 46.1 Å². The molecule has 1 aromatic carbocycles. The minimum Gasteiger partial charge on any atom is -0.444 e. The highest BCUT2D eigenvalue weighted by Crippen LogP contribution is 2.23. The molecule has 8 heteroatoms. The van der Waals surface area contributed by atoms with Gasteiger partial charge < -0.3 is 15.4 Å². The van der Waals surface area contributed by atoms with Gasteiger partial charge in [0.1, 0.15) is 11.4 Å². The first-order chi connectivity index (χ1) is 12.2. The van der Waals surface area contributed by atoms with E-state index < -0.39 is 11.7 Å². The lowest BCUT2D eigenvalue weighted by Gasteiger charge is -2.19. The maximum Gasteiger partial charge on any atom is 0.407 e. The van der Waals surface area contributed by atoms with Crippen LogP contribution < -0.4 is 10.6 Å². The quantitative estimate of drug-likeness (QED) is 0.800. The van der Waals surface area contributed by atoms with E-state index in [-0.39, 0.29) is 30.5 Å². The third kappa shape index (κ3) is 5.58. The van der Waals surface area contributed by atoms with E-state index in [4.69, 9.17) is 4.74 Å². The molecule has 0 unspecified atom stereocenters. The molecule has 2 amide bonds. The molecular formula is C18H23FN4O3. The molecule has 2 N–H and O–H groups in total. The van der Waals surface area contributed by atoms with Crippen LogP contribution >= 0.6 is 0 Å². The number of aryl methyl sites for hydroxylation is 1. The predicted octanol–water partition coefficient (Wildman–Crippen LogP) is 2.48. The number of halogens is 1. The van der Waals surface area contributed by atoms with E-state index >= 15 is 0 Å². The Bertz CT molecular complexity index is 779. The Labute approximate surface area is 151 Å². The SMILES string of the molecule is Cn1cc(-c2ccc(F)cc2)c(C(=O)NCCNC(=O)OC(C)(C)C)n1. The lowest BCUT2D eigenvalue weighted by atomic mass is 10.1. The third-order valence-corrected chi connectivity index (χ3v) is 3.28. The number of carbonyl (C=O) groups excluding carboxylic acids is 2. The van der Waals surface area contributed by atoms with E-state index in [0.717, 1.165) is 0 Å². The average molecular weight is 362 g/mol. The normalized spacial score (nSPS) is 11.1. The topological polar surface area (TPSA) is 85.2 Å². The van der Waals surface area contributed by atoms with Crippen molar-refractivity contribution in [1.29, 1.82) is 0 Å². The van der Waals surface area contributed by atoms with E-state index in [1.165, 1.54) is 16.8 Å². The molecule has 1 heterocycles. The molecule has 1 aromatic heterocycles. The van der Waals surface area contributed by atoms with Crippen LogP contribution in [-0.4, -0.2) is 40.5 Å². The number of nitrogens with one attached hydrogen (secondary N) is 2. The van der Waals surface area contributed by atoms with Crippen LogP contribution in [0.4, 0.5) is 9.18 Å². The minimum absolute atomic E-state index is 0.220.